The first-order chi connectivity index (χ1) is 15.0. The lowest BCUT2D eigenvalue weighted by Gasteiger charge is -2.22. The van der Waals surface area contributed by atoms with Crippen molar-refractivity contribution in [2.24, 2.45) is 0 Å². The van der Waals surface area contributed by atoms with Crippen molar-refractivity contribution in [3.8, 4) is 11.3 Å². The van der Waals surface area contributed by atoms with E-state index < -0.39 is 12.1 Å². The van der Waals surface area contributed by atoms with Gasteiger partial charge in [0.15, 0.2) is 5.13 Å². The van der Waals surface area contributed by atoms with Crippen molar-refractivity contribution in [1.29, 1.82) is 0 Å². The zero-order chi connectivity index (χ0) is 21.8. The maximum absolute atomic E-state index is 12.8. The van der Waals surface area contributed by atoms with Crippen LogP contribution in [0.15, 0.2) is 53.9 Å². The van der Waals surface area contributed by atoms with Gasteiger partial charge in [0, 0.05) is 17.5 Å². The molecule has 1 aliphatic rings. The fourth-order valence-corrected chi connectivity index (χ4v) is 4.39. The molecule has 0 spiro atoms. The van der Waals surface area contributed by atoms with Crippen molar-refractivity contribution in [3.63, 3.8) is 0 Å². The topological polar surface area (TPSA) is 71.5 Å². The van der Waals surface area contributed by atoms with Gasteiger partial charge in [-0.1, -0.05) is 59.6 Å². The molecule has 0 radical (unpaired) electrons. The molecule has 1 unspecified atom stereocenters. The molecule has 0 bridgehead atoms. The van der Waals surface area contributed by atoms with E-state index in [9.17, 15) is 9.59 Å². The quantitative estimate of drug-likeness (QED) is 0.501. The molecule has 4 rings (SSSR count). The monoisotopic (exact) mass is 475 g/mol. The number of amides is 2. The molecule has 0 saturated carbocycles. The van der Waals surface area contributed by atoms with Gasteiger partial charge in [-0.25, -0.2) is 9.78 Å². The number of benzene rings is 2. The van der Waals surface area contributed by atoms with Crippen LogP contribution in [0.4, 0.5) is 9.93 Å². The van der Waals surface area contributed by atoms with Crippen LogP contribution >= 0.6 is 34.5 Å². The summed E-state index contributed by atoms with van der Waals surface area (Å²) in [5.74, 6) is -0.274. The van der Waals surface area contributed by atoms with Crippen LogP contribution in [0.25, 0.3) is 11.3 Å². The highest BCUT2D eigenvalue weighted by molar-refractivity contribution is 7.14. The van der Waals surface area contributed by atoms with Crippen molar-refractivity contribution in [2.75, 3.05) is 11.9 Å². The van der Waals surface area contributed by atoms with Gasteiger partial charge < -0.3 is 10.1 Å². The molecule has 0 aliphatic carbocycles. The van der Waals surface area contributed by atoms with Crippen LogP contribution in [0.1, 0.15) is 18.4 Å². The van der Waals surface area contributed by atoms with E-state index in [-0.39, 0.29) is 12.5 Å². The minimum atomic E-state index is -0.583. The van der Waals surface area contributed by atoms with E-state index in [4.69, 9.17) is 27.9 Å². The van der Waals surface area contributed by atoms with Crippen LogP contribution in [0.2, 0.25) is 10.0 Å². The Balaban J connectivity index is 1.38. The molecular weight excluding hydrogens is 457 g/mol. The molecule has 2 amide bonds. The number of carbonyl (C=O) groups is 2. The Bertz CT molecular complexity index is 1090. The number of aromatic nitrogens is 1. The highest BCUT2D eigenvalue weighted by Gasteiger charge is 2.35. The predicted molar refractivity (Wildman–Crippen MR) is 123 cm³/mol. The Morgan fingerprint density at radius 1 is 1.16 bits per heavy atom. The van der Waals surface area contributed by atoms with Crippen LogP contribution in [-0.4, -0.2) is 34.5 Å². The number of rotatable bonds is 5. The highest BCUT2D eigenvalue weighted by atomic mass is 35.5. The molecule has 3 aromatic rings. The van der Waals surface area contributed by atoms with Gasteiger partial charge in [-0.3, -0.25) is 9.69 Å². The fraction of sp³-hybridized carbons (Fsp3) is 0.227. The average molecular weight is 476 g/mol. The lowest BCUT2D eigenvalue weighted by Crippen LogP contribution is -2.43. The number of thiazole rings is 1. The van der Waals surface area contributed by atoms with Gasteiger partial charge in [-0.2, -0.15) is 0 Å². The number of nitrogens with one attached hydrogen (secondary N) is 1. The van der Waals surface area contributed by atoms with E-state index in [1.807, 2.05) is 41.8 Å². The van der Waals surface area contributed by atoms with E-state index >= 15 is 0 Å². The third-order valence-corrected chi connectivity index (χ3v) is 6.44. The third-order valence-electron chi connectivity index (χ3n) is 4.94. The van der Waals surface area contributed by atoms with E-state index in [2.05, 4.69) is 10.3 Å². The average Bonchev–Trinajstić information content (AvgIpc) is 3.45. The molecule has 31 heavy (non-hydrogen) atoms. The molecule has 1 atom stereocenters. The number of likely N-dealkylation sites (tertiary alicyclic amines) is 1. The van der Waals surface area contributed by atoms with Crippen LogP contribution in [0.3, 0.4) is 0 Å². The second-order valence-electron chi connectivity index (χ2n) is 7.05. The molecule has 1 aromatic heterocycles. The van der Waals surface area contributed by atoms with E-state index in [1.165, 1.54) is 16.2 Å². The third kappa shape index (κ3) is 5.18. The number of hydrogen-bond acceptors (Lipinski definition) is 5. The van der Waals surface area contributed by atoms with Crippen molar-refractivity contribution in [1.82, 2.24) is 9.88 Å². The van der Waals surface area contributed by atoms with Gasteiger partial charge in [-0.15, -0.1) is 11.3 Å². The van der Waals surface area contributed by atoms with Gasteiger partial charge in [0.25, 0.3) is 0 Å². The largest absolute Gasteiger partial charge is 0.445 e. The number of halogens is 2. The van der Waals surface area contributed by atoms with E-state index in [0.717, 1.165) is 17.5 Å². The fourth-order valence-electron chi connectivity index (χ4n) is 3.37. The van der Waals surface area contributed by atoms with Crippen LogP contribution < -0.4 is 5.32 Å². The summed E-state index contributed by atoms with van der Waals surface area (Å²) in [5.41, 5.74) is 2.39. The van der Waals surface area contributed by atoms with Gasteiger partial charge in [0.05, 0.1) is 15.7 Å². The Labute approximate surface area is 193 Å². The van der Waals surface area contributed by atoms with Crippen molar-refractivity contribution in [3.05, 3.63) is 69.5 Å². The number of carbonyl (C=O) groups excluding carboxylic acids is 2. The molecule has 1 saturated heterocycles. The Kier molecular flexibility index (Phi) is 6.75. The van der Waals surface area contributed by atoms with Crippen LogP contribution in [-0.2, 0) is 16.1 Å². The molecule has 160 valence electrons. The summed E-state index contributed by atoms with van der Waals surface area (Å²) in [6.07, 6.45) is 0.833. The first kappa shape index (κ1) is 21.6. The Morgan fingerprint density at radius 3 is 2.74 bits per heavy atom. The smallest absolute Gasteiger partial charge is 0.410 e. The summed E-state index contributed by atoms with van der Waals surface area (Å²) < 4.78 is 5.40. The second-order valence-corrected chi connectivity index (χ2v) is 8.72. The van der Waals surface area contributed by atoms with E-state index in [1.54, 1.807) is 12.1 Å². The second kappa shape index (κ2) is 9.68. The molecule has 2 aromatic carbocycles. The van der Waals surface area contributed by atoms with Gasteiger partial charge >= 0.3 is 6.09 Å². The number of ether oxygens (including phenoxy) is 1. The molecule has 1 N–H and O–H groups in total. The summed E-state index contributed by atoms with van der Waals surface area (Å²) in [4.78, 5) is 31.3. The summed E-state index contributed by atoms with van der Waals surface area (Å²) in [5, 5.41) is 6.01. The highest BCUT2D eigenvalue weighted by Crippen LogP contribution is 2.31. The normalized spacial score (nSPS) is 15.7. The Morgan fingerprint density at radius 2 is 1.97 bits per heavy atom. The molecule has 9 heteroatoms. The van der Waals surface area contributed by atoms with Gasteiger partial charge in [0.2, 0.25) is 5.91 Å². The summed E-state index contributed by atoms with van der Waals surface area (Å²) in [7, 11) is 0. The maximum Gasteiger partial charge on any atom is 0.410 e. The van der Waals surface area contributed by atoms with Crippen molar-refractivity contribution >= 4 is 51.7 Å². The summed E-state index contributed by atoms with van der Waals surface area (Å²) in [6, 6.07) is 14.1. The van der Waals surface area contributed by atoms with Crippen molar-refractivity contribution < 1.29 is 14.3 Å². The zero-order valence-corrected chi connectivity index (χ0v) is 18.7. The summed E-state index contributed by atoms with van der Waals surface area (Å²) in [6.45, 7) is 0.655. The maximum atomic E-state index is 12.8. The van der Waals surface area contributed by atoms with Crippen LogP contribution in [0.5, 0.6) is 0 Å². The lowest BCUT2D eigenvalue weighted by atomic mass is 10.2. The first-order valence-corrected chi connectivity index (χ1v) is 11.3. The minimum absolute atomic E-state index is 0.171. The zero-order valence-electron chi connectivity index (χ0n) is 16.4. The number of hydrogen-bond donors (Lipinski definition) is 1. The molecule has 1 aliphatic heterocycles. The Hall–Kier alpha value is -2.61. The minimum Gasteiger partial charge on any atom is -0.445 e. The molecule has 1 fully saturated rings. The van der Waals surface area contributed by atoms with Crippen LogP contribution in [0, 0.1) is 0 Å². The number of anilines is 1. The first-order valence-electron chi connectivity index (χ1n) is 9.70. The van der Waals surface area contributed by atoms with Gasteiger partial charge in [-0.05, 0) is 30.5 Å². The lowest BCUT2D eigenvalue weighted by molar-refractivity contribution is -0.120. The van der Waals surface area contributed by atoms with Gasteiger partial charge in [0.1, 0.15) is 12.6 Å². The predicted octanol–water partition coefficient (Wildman–Crippen LogP) is 5.86. The van der Waals surface area contributed by atoms with Crippen molar-refractivity contribution in [2.45, 2.75) is 25.5 Å². The molecular formula is C22H19Cl2N3O3S. The standard InChI is InChI=1S/C22H19Cl2N3O3S/c23-16-9-8-15(11-17(16)24)18-13-31-21(25-18)26-20(28)19-7-4-10-27(19)22(29)30-12-14-5-2-1-3-6-14/h1-3,5-6,8-9,11,13,19H,4,7,10,12H2,(H,25,26,28). The SMILES string of the molecule is O=C(Nc1nc(-c2ccc(Cl)c(Cl)c2)cs1)C1CCCN1C(=O)OCc1ccccc1. The molecule has 6 nitrogen and oxygen atoms in total. The van der Waals surface area contributed by atoms with E-state index in [0.29, 0.717) is 33.8 Å². The molecule has 2 heterocycles. The summed E-state index contributed by atoms with van der Waals surface area (Å²) >= 11 is 13.3. The number of nitrogens with zero attached hydrogens (tertiary/aromatic N) is 2.